The number of hydrogen-bond acceptors (Lipinski definition) is 3. The van der Waals surface area contributed by atoms with Gasteiger partial charge in [0, 0.05) is 17.2 Å². The average Bonchev–Trinajstić information content (AvgIpc) is 2.68. The van der Waals surface area contributed by atoms with E-state index in [1.807, 2.05) is 18.2 Å². The van der Waals surface area contributed by atoms with E-state index in [2.05, 4.69) is 0 Å². The van der Waals surface area contributed by atoms with Gasteiger partial charge in [0.1, 0.15) is 23.1 Å². The van der Waals surface area contributed by atoms with Crippen LogP contribution in [-0.2, 0) is 0 Å². The quantitative estimate of drug-likeness (QED) is 0.434. The molecule has 0 aliphatic carbocycles. The topological polar surface area (TPSA) is 35.5 Å². The molecular weight excluding hydrogens is 331 g/mol. The summed E-state index contributed by atoms with van der Waals surface area (Å²) in [7, 11) is 1.56. The number of benzene rings is 3. The summed E-state index contributed by atoms with van der Waals surface area (Å²) in [5, 5.41) is 0. The molecule has 0 unspecified atom stereocenters. The van der Waals surface area contributed by atoms with E-state index in [1.165, 1.54) is 18.2 Å². The van der Waals surface area contributed by atoms with Crippen LogP contribution in [0, 0.1) is 5.82 Å². The smallest absolute Gasteiger partial charge is 0.185 e. The summed E-state index contributed by atoms with van der Waals surface area (Å²) in [5.74, 6) is 1.02. The molecule has 0 amide bonds. The minimum absolute atomic E-state index is 0.211. The zero-order valence-corrected chi connectivity index (χ0v) is 14.2. The fourth-order valence-electron chi connectivity index (χ4n) is 2.35. The zero-order chi connectivity index (χ0) is 18.4. The van der Waals surface area contributed by atoms with Crippen molar-refractivity contribution in [2.45, 2.75) is 0 Å². The second-order valence-electron chi connectivity index (χ2n) is 5.52. The molecule has 0 saturated heterocycles. The Labute approximate surface area is 151 Å². The first-order chi connectivity index (χ1) is 12.7. The lowest BCUT2D eigenvalue weighted by molar-refractivity contribution is 0.104. The third-order valence-electron chi connectivity index (χ3n) is 3.74. The highest BCUT2D eigenvalue weighted by molar-refractivity contribution is 6.06. The highest BCUT2D eigenvalue weighted by Gasteiger charge is 2.05. The number of carbonyl (C=O) groups is 1. The van der Waals surface area contributed by atoms with Crippen LogP contribution in [0.15, 0.2) is 78.9 Å². The van der Waals surface area contributed by atoms with Gasteiger partial charge in [0.25, 0.3) is 0 Å². The van der Waals surface area contributed by atoms with Crippen LogP contribution in [0.4, 0.5) is 4.39 Å². The minimum atomic E-state index is -0.461. The molecule has 3 nitrogen and oxygen atoms in total. The lowest BCUT2D eigenvalue weighted by Crippen LogP contribution is -1.94. The van der Waals surface area contributed by atoms with Gasteiger partial charge in [-0.2, -0.15) is 0 Å². The van der Waals surface area contributed by atoms with E-state index in [9.17, 15) is 9.18 Å². The lowest BCUT2D eigenvalue weighted by atomic mass is 10.1. The molecule has 3 aromatic rings. The van der Waals surface area contributed by atoms with E-state index in [1.54, 1.807) is 55.6 Å². The summed E-state index contributed by atoms with van der Waals surface area (Å²) in [5.41, 5.74) is 0.818. The van der Waals surface area contributed by atoms with Gasteiger partial charge in [0.2, 0.25) is 0 Å². The minimum Gasteiger partial charge on any atom is -0.497 e. The Kier molecular flexibility index (Phi) is 5.44. The van der Waals surface area contributed by atoms with Crippen molar-refractivity contribution in [3.05, 3.63) is 95.8 Å². The van der Waals surface area contributed by atoms with E-state index < -0.39 is 5.82 Å². The van der Waals surface area contributed by atoms with Crippen LogP contribution in [0.25, 0.3) is 6.08 Å². The zero-order valence-electron chi connectivity index (χ0n) is 14.2. The van der Waals surface area contributed by atoms with E-state index in [0.29, 0.717) is 28.4 Å². The fraction of sp³-hybridized carbons (Fsp3) is 0.0455. The predicted molar refractivity (Wildman–Crippen MR) is 99.3 cm³/mol. The molecule has 3 aromatic carbocycles. The molecule has 0 saturated carbocycles. The maximum atomic E-state index is 14.2. The van der Waals surface area contributed by atoms with Crippen LogP contribution in [-0.4, -0.2) is 12.9 Å². The Bertz CT molecular complexity index is 916. The van der Waals surface area contributed by atoms with Crippen molar-refractivity contribution in [1.82, 2.24) is 0 Å². The molecule has 0 fully saturated rings. The third kappa shape index (κ3) is 4.36. The maximum absolute atomic E-state index is 14.2. The molecule has 0 atom stereocenters. The Morgan fingerprint density at radius 1 is 0.885 bits per heavy atom. The number of rotatable bonds is 6. The number of para-hydroxylation sites is 1. The van der Waals surface area contributed by atoms with E-state index in [-0.39, 0.29) is 5.78 Å². The predicted octanol–water partition coefficient (Wildman–Crippen LogP) is 5.52. The van der Waals surface area contributed by atoms with Crippen LogP contribution in [0.1, 0.15) is 15.9 Å². The SMILES string of the molecule is COc1ccc(C(=O)C=Cc2ccc(Oc3ccccc3)cc2F)cc1. The van der Waals surface area contributed by atoms with Gasteiger partial charge in [-0.3, -0.25) is 4.79 Å². The number of allylic oxidation sites excluding steroid dienone is 1. The fourth-order valence-corrected chi connectivity index (χ4v) is 2.35. The largest absolute Gasteiger partial charge is 0.497 e. The molecule has 0 heterocycles. The summed E-state index contributed by atoms with van der Waals surface area (Å²) in [4.78, 5) is 12.2. The Morgan fingerprint density at radius 3 is 2.23 bits per heavy atom. The van der Waals surface area contributed by atoms with Crippen LogP contribution in [0.5, 0.6) is 17.2 Å². The molecule has 0 spiro atoms. The molecule has 0 N–H and O–H groups in total. The van der Waals surface area contributed by atoms with Crippen molar-refractivity contribution >= 4 is 11.9 Å². The van der Waals surface area contributed by atoms with Crippen LogP contribution < -0.4 is 9.47 Å². The van der Waals surface area contributed by atoms with Gasteiger partial charge >= 0.3 is 0 Å². The summed E-state index contributed by atoms with van der Waals surface area (Å²) in [6.45, 7) is 0. The number of halogens is 1. The van der Waals surface area contributed by atoms with Gasteiger partial charge in [-0.1, -0.05) is 18.2 Å². The number of ether oxygens (including phenoxy) is 2. The molecule has 130 valence electrons. The van der Waals surface area contributed by atoms with Gasteiger partial charge in [0.05, 0.1) is 7.11 Å². The van der Waals surface area contributed by atoms with Gasteiger partial charge in [-0.25, -0.2) is 4.39 Å². The van der Waals surface area contributed by atoms with Crippen molar-refractivity contribution < 1.29 is 18.7 Å². The van der Waals surface area contributed by atoms with Crippen molar-refractivity contribution in [1.29, 1.82) is 0 Å². The van der Waals surface area contributed by atoms with Crippen LogP contribution >= 0.6 is 0 Å². The highest BCUT2D eigenvalue weighted by Crippen LogP contribution is 2.24. The monoisotopic (exact) mass is 348 g/mol. The third-order valence-corrected chi connectivity index (χ3v) is 3.74. The van der Waals surface area contributed by atoms with Crippen molar-refractivity contribution in [3.63, 3.8) is 0 Å². The average molecular weight is 348 g/mol. The number of carbonyl (C=O) groups excluding carboxylic acids is 1. The first-order valence-electron chi connectivity index (χ1n) is 8.04. The molecule has 3 rings (SSSR count). The summed E-state index contributed by atoms with van der Waals surface area (Å²) >= 11 is 0. The first-order valence-corrected chi connectivity index (χ1v) is 8.04. The standard InChI is InChI=1S/C22H17FO3/c1-25-18-11-8-17(9-12-18)22(24)14-10-16-7-13-20(15-21(16)23)26-19-5-3-2-4-6-19/h2-15H,1H3. The Hall–Kier alpha value is -3.40. The van der Waals surface area contributed by atoms with Crippen molar-refractivity contribution in [2.24, 2.45) is 0 Å². The molecule has 26 heavy (non-hydrogen) atoms. The molecule has 0 aromatic heterocycles. The lowest BCUT2D eigenvalue weighted by Gasteiger charge is -2.06. The Balaban J connectivity index is 1.70. The molecule has 4 heteroatoms. The second-order valence-corrected chi connectivity index (χ2v) is 5.52. The highest BCUT2D eigenvalue weighted by atomic mass is 19.1. The summed E-state index contributed by atoms with van der Waals surface area (Å²) in [6, 6.07) is 20.4. The summed E-state index contributed by atoms with van der Waals surface area (Å²) in [6.07, 6.45) is 2.80. The van der Waals surface area contributed by atoms with E-state index in [0.717, 1.165) is 0 Å². The van der Waals surface area contributed by atoms with Gasteiger partial charge in [-0.05, 0) is 60.7 Å². The summed E-state index contributed by atoms with van der Waals surface area (Å²) < 4.78 is 24.9. The molecule has 0 aliphatic heterocycles. The number of ketones is 1. The van der Waals surface area contributed by atoms with Crippen molar-refractivity contribution in [3.8, 4) is 17.2 Å². The normalized spacial score (nSPS) is 10.7. The number of hydrogen-bond donors (Lipinski definition) is 0. The van der Waals surface area contributed by atoms with Gasteiger partial charge in [-0.15, -0.1) is 0 Å². The first kappa shape index (κ1) is 17.4. The second kappa shape index (κ2) is 8.12. The molecular formula is C22H17FO3. The Morgan fingerprint density at radius 2 is 1.58 bits per heavy atom. The maximum Gasteiger partial charge on any atom is 0.185 e. The number of methoxy groups -OCH3 is 1. The van der Waals surface area contributed by atoms with E-state index >= 15 is 0 Å². The van der Waals surface area contributed by atoms with Gasteiger partial charge in [0.15, 0.2) is 5.78 Å². The molecule has 0 bridgehead atoms. The van der Waals surface area contributed by atoms with Crippen LogP contribution in [0.3, 0.4) is 0 Å². The van der Waals surface area contributed by atoms with Crippen molar-refractivity contribution in [2.75, 3.05) is 7.11 Å². The van der Waals surface area contributed by atoms with Crippen LogP contribution in [0.2, 0.25) is 0 Å². The molecule has 0 aliphatic rings. The van der Waals surface area contributed by atoms with E-state index in [4.69, 9.17) is 9.47 Å². The molecule has 0 radical (unpaired) electrons. The van der Waals surface area contributed by atoms with Gasteiger partial charge < -0.3 is 9.47 Å².